The molecule has 0 aliphatic heterocycles. The Kier molecular flexibility index (Phi) is 3.85. The minimum Gasteiger partial charge on any atom is -0.335 e. The number of nitrogens with zero attached hydrogens (tertiary/aromatic N) is 4. The number of nitrogens with one attached hydrogen (secondary N) is 1. The van der Waals surface area contributed by atoms with E-state index in [4.69, 9.17) is 17.3 Å². The molecule has 2 rings (SSSR count). The number of carbonyl (C=O) groups excluding carboxylic acids is 1. The number of carbonyl (C=O) groups is 1. The average Bonchev–Trinajstić information content (AvgIpc) is 2.78. The van der Waals surface area contributed by atoms with Gasteiger partial charge in [0.05, 0.1) is 6.33 Å². The van der Waals surface area contributed by atoms with E-state index in [0.29, 0.717) is 13.1 Å². The van der Waals surface area contributed by atoms with E-state index < -0.39 is 5.91 Å². The fourth-order valence-electron chi connectivity index (χ4n) is 1.31. The summed E-state index contributed by atoms with van der Waals surface area (Å²) >= 11 is 5.68. The largest absolute Gasteiger partial charge is 0.335 e. The lowest BCUT2D eigenvalue weighted by atomic mass is 10.4. The van der Waals surface area contributed by atoms with Crippen LogP contribution in [0.4, 0.5) is 5.95 Å². The summed E-state index contributed by atoms with van der Waals surface area (Å²) in [5.41, 5.74) is 5.67. The molecule has 0 bridgehead atoms. The van der Waals surface area contributed by atoms with Crippen LogP contribution < -0.4 is 11.1 Å². The Morgan fingerprint density at radius 2 is 2.33 bits per heavy atom. The first-order valence-corrected chi connectivity index (χ1v) is 5.58. The van der Waals surface area contributed by atoms with Gasteiger partial charge < -0.3 is 10.3 Å². The van der Waals surface area contributed by atoms with Gasteiger partial charge in [0.2, 0.25) is 5.95 Å². The maximum absolute atomic E-state index is 11.8. The van der Waals surface area contributed by atoms with Crippen molar-refractivity contribution in [3.8, 4) is 0 Å². The number of nitrogens with two attached hydrogens (primary N) is 1. The summed E-state index contributed by atoms with van der Waals surface area (Å²) in [7, 11) is 0. The van der Waals surface area contributed by atoms with Crippen LogP contribution in [0.3, 0.4) is 0 Å². The van der Waals surface area contributed by atoms with Gasteiger partial charge in [-0.1, -0.05) is 11.6 Å². The highest BCUT2D eigenvalue weighted by Crippen LogP contribution is 2.07. The van der Waals surface area contributed by atoms with Gasteiger partial charge in [-0.2, -0.15) is 0 Å². The molecule has 94 valence electrons. The summed E-state index contributed by atoms with van der Waals surface area (Å²) in [6.45, 7) is 1.09. The minimum atomic E-state index is -0.395. The first-order valence-electron chi connectivity index (χ1n) is 5.21. The van der Waals surface area contributed by atoms with E-state index in [0.717, 1.165) is 0 Å². The molecule has 2 heterocycles. The van der Waals surface area contributed by atoms with E-state index >= 15 is 0 Å². The van der Waals surface area contributed by atoms with Crippen molar-refractivity contribution in [3.05, 3.63) is 35.6 Å². The van der Waals surface area contributed by atoms with Gasteiger partial charge in [0.25, 0.3) is 5.91 Å². The van der Waals surface area contributed by atoms with Crippen LogP contribution in [0.2, 0.25) is 5.15 Å². The molecule has 0 saturated carbocycles. The van der Waals surface area contributed by atoms with Crippen LogP contribution in [0.15, 0.2) is 24.8 Å². The highest BCUT2D eigenvalue weighted by Gasteiger charge is 2.11. The predicted molar refractivity (Wildman–Crippen MR) is 66.3 cm³/mol. The molecule has 0 saturated heterocycles. The molecular weight excluding hydrogens is 256 g/mol. The topological polar surface area (TPSA) is 98.7 Å². The number of halogens is 1. The molecule has 0 radical (unpaired) electrons. The van der Waals surface area contributed by atoms with Gasteiger partial charge in [0.1, 0.15) is 10.8 Å². The molecule has 18 heavy (non-hydrogen) atoms. The van der Waals surface area contributed by atoms with E-state index in [-0.39, 0.29) is 16.8 Å². The van der Waals surface area contributed by atoms with Crippen LogP contribution in [0.5, 0.6) is 0 Å². The molecule has 7 nitrogen and oxygen atoms in total. The Hall–Kier alpha value is -1.99. The van der Waals surface area contributed by atoms with Crippen LogP contribution in [0.1, 0.15) is 10.5 Å². The third kappa shape index (κ3) is 3.02. The van der Waals surface area contributed by atoms with Crippen LogP contribution in [0.25, 0.3) is 0 Å². The van der Waals surface area contributed by atoms with Gasteiger partial charge in [-0.25, -0.2) is 15.0 Å². The van der Waals surface area contributed by atoms with Crippen molar-refractivity contribution < 1.29 is 4.79 Å². The maximum Gasteiger partial charge on any atom is 0.278 e. The quantitative estimate of drug-likeness (QED) is 0.787. The molecule has 3 N–H and O–H groups in total. The molecule has 0 aliphatic rings. The molecule has 2 aromatic rings. The number of rotatable bonds is 4. The molecule has 0 aromatic carbocycles. The van der Waals surface area contributed by atoms with E-state index in [9.17, 15) is 4.79 Å². The zero-order valence-electron chi connectivity index (χ0n) is 9.38. The lowest BCUT2D eigenvalue weighted by Crippen LogP contribution is -2.14. The molecule has 0 atom stereocenters. The molecule has 2 aromatic heterocycles. The van der Waals surface area contributed by atoms with Crippen LogP contribution in [-0.2, 0) is 6.54 Å². The fraction of sp³-hybridized carbons (Fsp3) is 0.200. The summed E-state index contributed by atoms with van der Waals surface area (Å²) < 4.78 is 1.73. The predicted octanol–water partition coefficient (Wildman–Crippen LogP) is 0.537. The molecule has 8 heteroatoms. The number of imidazole rings is 1. The van der Waals surface area contributed by atoms with Gasteiger partial charge in [0, 0.05) is 25.5 Å². The second-order valence-corrected chi connectivity index (χ2v) is 3.83. The van der Waals surface area contributed by atoms with Crippen LogP contribution in [0, 0.1) is 0 Å². The Morgan fingerprint density at radius 3 is 3.06 bits per heavy atom. The third-order valence-corrected chi connectivity index (χ3v) is 2.31. The first-order chi connectivity index (χ1) is 8.69. The van der Waals surface area contributed by atoms with Crippen LogP contribution in [-0.4, -0.2) is 32.0 Å². The van der Waals surface area contributed by atoms with Gasteiger partial charge in [-0.15, -0.1) is 0 Å². The molecular formula is C10H11ClN6O. The molecule has 0 fully saturated rings. The fourth-order valence-corrected chi connectivity index (χ4v) is 1.45. The summed E-state index contributed by atoms with van der Waals surface area (Å²) in [4.78, 5) is 23.5. The summed E-state index contributed by atoms with van der Waals surface area (Å²) in [5, 5.41) is 2.76. The summed E-state index contributed by atoms with van der Waals surface area (Å²) in [6, 6.07) is 1.52. The Balaban J connectivity index is 2.07. The minimum absolute atomic E-state index is 0.140. The number of hydrogen-bond donors (Lipinski definition) is 2. The van der Waals surface area contributed by atoms with Crippen LogP contribution >= 0.6 is 11.6 Å². The molecule has 0 spiro atoms. The van der Waals surface area contributed by atoms with Crippen molar-refractivity contribution in [2.75, 3.05) is 11.9 Å². The number of anilines is 1. The SMILES string of the molecule is NCCn1cnc(C(=O)Nc2nccc(Cl)n2)c1. The lowest BCUT2D eigenvalue weighted by Gasteiger charge is -2.00. The van der Waals surface area contributed by atoms with Gasteiger partial charge >= 0.3 is 0 Å². The van der Waals surface area contributed by atoms with Crippen molar-refractivity contribution in [2.24, 2.45) is 5.73 Å². The molecule has 0 unspecified atom stereocenters. The second kappa shape index (κ2) is 5.56. The normalized spacial score (nSPS) is 10.3. The van der Waals surface area contributed by atoms with Crippen molar-refractivity contribution >= 4 is 23.5 Å². The van der Waals surface area contributed by atoms with Crippen molar-refractivity contribution in [1.82, 2.24) is 19.5 Å². The number of hydrogen-bond acceptors (Lipinski definition) is 5. The molecule has 0 aliphatic carbocycles. The highest BCUT2D eigenvalue weighted by molar-refractivity contribution is 6.29. The smallest absolute Gasteiger partial charge is 0.278 e. The first kappa shape index (κ1) is 12.5. The summed E-state index contributed by atoms with van der Waals surface area (Å²) in [5.74, 6) is -0.256. The number of amides is 1. The van der Waals surface area contributed by atoms with Gasteiger partial charge in [-0.3, -0.25) is 10.1 Å². The highest BCUT2D eigenvalue weighted by atomic mass is 35.5. The van der Waals surface area contributed by atoms with Crippen molar-refractivity contribution in [2.45, 2.75) is 6.54 Å². The average molecular weight is 267 g/mol. The summed E-state index contributed by atoms with van der Waals surface area (Å²) in [6.07, 6.45) is 4.60. The van der Waals surface area contributed by atoms with E-state index in [1.165, 1.54) is 12.3 Å². The Bertz CT molecular complexity index is 555. The zero-order valence-corrected chi connectivity index (χ0v) is 10.1. The Morgan fingerprint density at radius 1 is 1.50 bits per heavy atom. The van der Waals surface area contributed by atoms with Gasteiger partial charge in [0.15, 0.2) is 0 Å². The van der Waals surface area contributed by atoms with E-state index in [1.807, 2.05) is 0 Å². The van der Waals surface area contributed by atoms with Crippen molar-refractivity contribution in [1.29, 1.82) is 0 Å². The van der Waals surface area contributed by atoms with E-state index in [2.05, 4.69) is 20.3 Å². The lowest BCUT2D eigenvalue weighted by molar-refractivity contribution is 0.102. The van der Waals surface area contributed by atoms with Gasteiger partial charge in [-0.05, 0) is 6.07 Å². The number of aromatic nitrogens is 4. The monoisotopic (exact) mass is 266 g/mol. The maximum atomic E-state index is 11.8. The second-order valence-electron chi connectivity index (χ2n) is 3.44. The standard InChI is InChI=1S/C10H11ClN6O/c11-8-1-3-13-10(15-8)16-9(18)7-5-17(4-2-12)6-14-7/h1,3,5-6H,2,4,12H2,(H,13,15,16,18). The van der Waals surface area contributed by atoms with E-state index in [1.54, 1.807) is 17.1 Å². The zero-order chi connectivity index (χ0) is 13.0. The third-order valence-electron chi connectivity index (χ3n) is 2.10. The van der Waals surface area contributed by atoms with Crippen molar-refractivity contribution in [3.63, 3.8) is 0 Å². The molecule has 1 amide bonds. The Labute approximate surface area is 108 Å².